The number of hydrogen-bond acceptors (Lipinski definition) is 1. The van der Waals surface area contributed by atoms with Gasteiger partial charge >= 0.3 is 7.80 Å². The molecule has 0 spiro atoms. The van der Waals surface area contributed by atoms with Crippen LogP contribution in [0.2, 0.25) is 0 Å². The van der Waals surface area contributed by atoms with Gasteiger partial charge in [0, 0.05) is 11.5 Å². The highest BCUT2D eigenvalue weighted by Crippen LogP contribution is 2.36. The topological polar surface area (TPSA) is 17.1 Å². The lowest BCUT2D eigenvalue weighted by molar-refractivity contribution is 0.321. The van der Waals surface area contributed by atoms with Gasteiger partial charge in [0.2, 0.25) is 0 Å². The fraction of sp³-hybridized carbons (Fsp3) is 0.667. The van der Waals surface area contributed by atoms with Gasteiger partial charge in [0.1, 0.15) is 6.16 Å². The minimum atomic E-state index is -1.14. The van der Waals surface area contributed by atoms with Crippen molar-refractivity contribution < 1.29 is 4.57 Å². The zero-order valence-electron chi connectivity index (χ0n) is 14.2. The number of rotatable bonds is 5. The van der Waals surface area contributed by atoms with Crippen molar-refractivity contribution in [2.24, 2.45) is 11.3 Å². The molecule has 0 aliphatic heterocycles. The van der Waals surface area contributed by atoms with Crippen molar-refractivity contribution in [3.8, 4) is 0 Å². The maximum atomic E-state index is 12.5. The maximum absolute atomic E-state index is 12.5. The Kier molecular flexibility index (Phi) is 5.95. The quantitative estimate of drug-likeness (QED) is 0.607. The Morgan fingerprint density at radius 2 is 1.65 bits per heavy atom. The average molecular weight is 293 g/mol. The van der Waals surface area contributed by atoms with Crippen LogP contribution in [-0.2, 0) is 10.7 Å². The van der Waals surface area contributed by atoms with E-state index in [4.69, 9.17) is 0 Å². The Morgan fingerprint density at radius 3 is 2.20 bits per heavy atom. The van der Waals surface area contributed by atoms with Crippen LogP contribution in [0.3, 0.4) is 0 Å². The molecule has 20 heavy (non-hydrogen) atoms. The molecule has 0 bridgehead atoms. The zero-order chi connectivity index (χ0) is 15.5. The van der Waals surface area contributed by atoms with Gasteiger partial charge in [-0.1, -0.05) is 44.4 Å². The van der Waals surface area contributed by atoms with Crippen molar-refractivity contribution >= 4 is 7.80 Å². The van der Waals surface area contributed by atoms with Gasteiger partial charge < -0.3 is 0 Å². The lowest BCUT2D eigenvalue weighted by Gasteiger charge is -2.20. The van der Waals surface area contributed by atoms with E-state index in [1.807, 2.05) is 0 Å². The lowest BCUT2D eigenvalue weighted by atomic mass is 9.86. The molecule has 0 aliphatic rings. The Bertz CT molecular complexity index is 483. The van der Waals surface area contributed by atoms with Crippen LogP contribution in [0.25, 0.3) is 0 Å². The van der Waals surface area contributed by atoms with E-state index in [1.54, 1.807) is 0 Å². The smallest absolute Gasteiger partial charge is 0.0744 e. The summed E-state index contributed by atoms with van der Waals surface area (Å²) >= 11 is 0. The van der Waals surface area contributed by atoms with Gasteiger partial charge in [-0.2, -0.15) is 0 Å². The van der Waals surface area contributed by atoms with E-state index in [9.17, 15) is 4.57 Å². The summed E-state index contributed by atoms with van der Waals surface area (Å²) in [6.45, 7) is 15.4. The van der Waals surface area contributed by atoms with Gasteiger partial charge in [-0.25, -0.2) is 0 Å². The highest BCUT2D eigenvalue weighted by atomic mass is 31.1. The molecule has 0 saturated carbocycles. The van der Waals surface area contributed by atoms with Crippen molar-refractivity contribution in [1.29, 1.82) is 0 Å². The minimum Gasteiger partial charge on any atom is -0.0744 e. The van der Waals surface area contributed by atoms with E-state index in [-0.39, 0.29) is 0 Å². The molecule has 2 heteroatoms. The van der Waals surface area contributed by atoms with E-state index in [0.29, 0.717) is 11.3 Å². The molecular weight excluding hydrogens is 263 g/mol. The van der Waals surface area contributed by atoms with E-state index >= 15 is 0 Å². The van der Waals surface area contributed by atoms with Crippen LogP contribution in [0.1, 0.15) is 56.4 Å². The van der Waals surface area contributed by atoms with Crippen LogP contribution in [0.4, 0.5) is 0 Å². The predicted octanol–water partition coefficient (Wildman–Crippen LogP) is 6.01. The molecule has 1 aromatic rings. The molecule has 0 saturated heterocycles. The normalized spacial score (nSPS) is 14.2. The van der Waals surface area contributed by atoms with Gasteiger partial charge in [-0.15, -0.1) is 0 Å². The van der Waals surface area contributed by atoms with Gasteiger partial charge in [-0.3, -0.25) is 0 Å². The van der Waals surface area contributed by atoms with Crippen molar-refractivity contribution in [2.45, 2.75) is 61.0 Å². The van der Waals surface area contributed by atoms with E-state index < -0.39 is 7.80 Å². The Morgan fingerprint density at radius 1 is 1.10 bits per heavy atom. The van der Waals surface area contributed by atoms with E-state index in [1.165, 1.54) is 22.3 Å². The van der Waals surface area contributed by atoms with Crippen LogP contribution in [0, 0.1) is 32.1 Å². The van der Waals surface area contributed by atoms with Gasteiger partial charge in [-0.05, 0) is 49.3 Å². The monoisotopic (exact) mass is 293 g/mol. The first-order valence-electron chi connectivity index (χ1n) is 7.58. The van der Waals surface area contributed by atoms with Crippen molar-refractivity contribution in [3.63, 3.8) is 0 Å². The maximum Gasteiger partial charge on any atom is 0.343 e. The van der Waals surface area contributed by atoms with Crippen LogP contribution in [0.5, 0.6) is 0 Å². The lowest BCUT2D eigenvalue weighted by Crippen LogP contribution is -2.12. The van der Waals surface area contributed by atoms with E-state index in [2.05, 4.69) is 60.6 Å². The Hall–Kier alpha value is -0.680. The molecular formula is C18H30OP+. The summed E-state index contributed by atoms with van der Waals surface area (Å²) in [5.74, 6) is 0.532. The summed E-state index contributed by atoms with van der Waals surface area (Å²) in [5, 5.41) is 0. The fourth-order valence-corrected chi connectivity index (χ4v) is 4.74. The van der Waals surface area contributed by atoms with Crippen LogP contribution in [0.15, 0.2) is 12.1 Å². The third-order valence-electron chi connectivity index (χ3n) is 3.91. The standard InChI is InChI=1S/C18H30OP/c1-13(10-18(5,6)7)11-20(19)12-17-15(3)9-8-14(2)16(17)4/h8-9,13H,10-12H2,1-7H3/q+1. The predicted molar refractivity (Wildman–Crippen MR) is 90.1 cm³/mol. The second-order valence-electron chi connectivity index (χ2n) is 7.50. The summed E-state index contributed by atoms with van der Waals surface area (Å²) in [4.78, 5) is 0. The molecule has 0 fully saturated rings. The zero-order valence-corrected chi connectivity index (χ0v) is 15.1. The first-order chi connectivity index (χ1) is 9.10. The molecule has 2 unspecified atom stereocenters. The molecule has 1 rings (SSSR count). The van der Waals surface area contributed by atoms with Crippen LogP contribution in [-0.4, -0.2) is 6.16 Å². The number of aryl methyl sites for hydroxylation is 2. The molecule has 0 amide bonds. The first kappa shape index (κ1) is 17.4. The van der Waals surface area contributed by atoms with Crippen LogP contribution >= 0.6 is 7.80 Å². The van der Waals surface area contributed by atoms with Crippen LogP contribution < -0.4 is 0 Å². The second-order valence-corrected chi connectivity index (χ2v) is 9.14. The third kappa shape index (κ3) is 5.37. The summed E-state index contributed by atoms with van der Waals surface area (Å²) in [6.07, 6.45) is 2.72. The third-order valence-corrected chi connectivity index (χ3v) is 5.61. The Labute approximate surface area is 126 Å². The van der Waals surface area contributed by atoms with Crippen molar-refractivity contribution in [3.05, 3.63) is 34.4 Å². The minimum absolute atomic E-state index is 0.324. The highest BCUT2D eigenvalue weighted by Gasteiger charge is 2.25. The summed E-state index contributed by atoms with van der Waals surface area (Å²) in [5.41, 5.74) is 5.52. The second kappa shape index (κ2) is 6.85. The molecule has 112 valence electrons. The van der Waals surface area contributed by atoms with Gasteiger partial charge in [0.15, 0.2) is 6.16 Å². The molecule has 1 aromatic carbocycles. The molecule has 0 aromatic heterocycles. The van der Waals surface area contributed by atoms with Crippen molar-refractivity contribution in [2.75, 3.05) is 6.16 Å². The Balaban J connectivity index is 2.70. The largest absolute Gasteiger partial charge is 0.343 e. The van der Waals surface area contributed by atoms with Gasteiger partial charge in [0.25, 0.3) is 0 Å². The SMILES string of the molecule is Cc1ccc(C)c(C[P+](=O)CC(C)CC(C)(C)C)c1C. The summed E-state index contributed by atoms with van der Waals surface area (Å²) in [7, 11) is -1.14. The number of hydrogen-bond donors (Lipinski definition) is 0. The molecule has 1 nitrogen and oxygen atoms in total. The first-order valence-corrected chi connectivity index (χ1v) is 9.21. The molecule has 0 aliphatic carbocycles. The average Bonchev–Trinajstić information content (AvgIpc) is 2.27. The van der Waals surface area contributed by atoms with Crippen molar-refractivity contribution in [1.82, 2.24) is 0 Å². The fourth-order valence-electron chi connectivity index (χ4n) is 2.95. The number of benzene rings is 1. The molecule has 0 radical (unpaired) electrons. The molecule has 2 atom stereocenters. The van der Waals surface area contributed by atoms with Gasteiger partial charge in [0.05, 0.1) is 0 Å². The summed E-state index contributed by atoms with van der Waals surface area (Å²) < 4.78 is 12.5. The molecule has 0 N–H and O–H groups in total. The van der Waals surface area contributed by atoms with E-state index in [0.717, 1.165) is 18.7 Å². The summed E-state index contributed by atoms with van der Waals surface area (Å²) in [6, 6.07) is 4.31. The highest BCUT2D eigenvalue weighted by molar-refractivity contribution is 7.43. The molecule has 0 heterocycles.